The second-order valence-electron chi connectivity index (χ2n) is 3.25. The Balaban J connectivity index is 2.49. The van der Waals surface area contributed by atoms with Gasteiger partial charge in [0.25, 0.3) is 0 Å². The zero-order valence-electron chi connectivity index (χ0n) is 8.53. The summed E-state index contributed by atoms with van der Waals surface area (Å²) < 4.78 is 17.1. The monoisotopic (exact) mass is 213 g/mol. The lowest BCUT2D eigenvalue weighted by atomic mass is 10.1. The van der Waals surface area contributed by atoms with Crippen LogP contribution in [0.5, 0.6) is 5.75 Å². The molecule has 1 atom stereocenters. The first kappa shape index (κ1) is 11.9. The Hall–Kier alpha value is -1.13. The van der Waals surface area contributed by atoms with Crippen molar-refractivity contribution in [1.82, 2.24) is 0 Å². The molecule has 3 nitrogen and oxygen atoms in total. The summed E-state index contributed by atoms with van der Waals surface area (Å²) in [6, 6.07) is 6.77. The predicted octanol–water partition coefficient (Wildman–Crippen LogP) is 1.42. The number of aliphatic hydroxyl groups excluding tert-OH is 1. The Morgan fingerprint density at radius 3 is 2.53 bits per heavy atom. The van der Waals surface area contributed by atoms with E-state index in [4.69, 9.17) is 15.6 Å². The molecule has 0 spiro atoms. The lowest BCUT2D eigenvalue weighted by molar-refractivity contribution is 0.267. The fourth-order valence-electron chi connectivity index (χ4n) is 1.16. The van der Waals surface area contributed by atoms with Crippen molar-refractivity contribution in [3.63, 3.8) is 0 Å². The molecule has 0 aliphatic rings. The predicted molar refractivity (Wildman–Crippen MR) is 56.5 cm³/mol. The van der Waals surface area contributed by atoms with Crippen LogP contribution in [0.15, 0.2) is 24.3 Å². The molecule has 0 aliphatic heterocycles. The van der Waals surface area contributed by atoms with Crippen LogP contribution in [0.1, 0.15) is 18.0 Å². The van der Waals surface area contributed by atoms with E-state index in [1.54, 1.807) is 24.3 Å². The number of halogens is 1. The average molecular weight is 213 g/mol. The first-order valence-corrected chi connectivity index (χ1v) is 4.93. The average Bonchev–Trinajstić information content (AvgIpc) is 2.29. The second-order valence-corrected chi connectivity index (χ2v) is 3.25. The van der Waals surface area contributed by atoms with E-state index in [1.807, 2.05) is 0 Å². The van der Waals surface area contributed by atoms with E-state index < -0.39 is 0 Å². The van der Waals surface area contributed by atoms with Gasteiger partial charge in [0.05, 0.1) is 25.9 Å². The fourth-order valence-corrected chi connectivity index (χ4v) is 1.16. The van der Waals surface area contributed by atoms with Gasteiger partial charge in [-0.05, 0) is 17.7 Å². The summed E-state index contributed by atoms with van der Waals surface area (Å²) >= 11 is 0. The third-order valence-corrected chi connectivity index (χ3v) is 2.05. The highest BCUT2D eigenvalue weighted by Crippen LogP contribution is 2.16. The van der Waals surface area contributed by atoms with Crippen molar-refractivity contribution in [2.75, 3.05) is 19.9 Å². The van der Waals surface area contributed by atoms with Crippen LogP contribution in [0.4, 0.5) is 4.39 Å². The number of alkyl halides is 1. The molecular weight excluding hydrogens is 197 g/mol. The summed E-state index contributed by atoms with van der Waals surface area (Å²) in [5, 5.41) is 8.83. The zero-order chi connectivity index (χ0) is 11.1. The van der Waals surface area contributed by atoms with Gasteiger partial charge in [0.2, 0.25) is 0 Å². The minimum Gasteiger partial charge on any atom is -0.494 e. The number of nitrogens with two attached hydrogens (primary N) is 1. The van der Waals surface area contributed by atoms with Crippen LogP contribution in [-0.2, 0) is 0 Å². The molecule has 15 heavy (non-hydrogen) atoms. The number of aliphatic hydroxyl groups is 1. The molecule has 4 heteroatoms. The maximum absolute atomic E-state index is 11.8. The lowest BCUT2D eigenvalue weighted by Crippen LogP contribution is -2.14. The summed E-state index contributed by atoms with van der Waals surface area (Å²) in [6.45, 7) is -0.0720. The minimum atomic E-state index is -0.368. The highest BCUT2D eigenvalue weighted by Gasteiger charge is 2.03. The Labute approximate surface area is 88.7 Å². The summed E-state index contributed by atoms with van der Waals surface area (Å²) in [5.41, 5.74) is 6.48. The van der Waals surface area contributed by atoms with E-state index in [1.165, 1.54) is 0 Å². The highest BCUT2D eigenvalue weighted by atomic mass is 19.1. The van der Waals surface area contributed by atoms with Crippen molar-refractivity contribution in [1.29, 1.82) is 0 Å². The zero-order valence-corrected chi connectivity index (χ0v) is 8.53. The van der Waals surface area contributed by atoms with Crippen LogP contribution in [0, 0.1) is 0 Å². The largest absolute Gasteiger partial charge is 0.494 e. The molecule has 0 saturated carbocycles. The van der Waals surface area contributed by atoms with Gasteiger partial charge in [-0.1, -0.05) is 12.1 Å². The molecule has 0 radical (unpaired) electrons. The van der Waals surface area contributed by atoms with E-state index in [0.717, 1.165) is 5.56 Å². The Bertz CT molecular complexity index is 276. The van der Waals surface area contributed by atoms with Crippen molar-refractivity contribution >= 4 is 0 Å². The molecule has 0 bridgehead atoms. The maximum atomic E-state index is 11.8. The maximum Gasteiger partial charge on any atom is 0.119 e. The van der Waals surface area contributed by atoms with Gasteiger partial charge < -0.3 is 15.6 Å². The summed E-state index contributed by atoms with van der Waals surface area (Å²) in [5.74, 6) is 0.692. The molecule has 1 aromatic carbocycles. The Morgan fingerprint density at radius 1 is 1.33 bits per heavy atom. The molecule has 1 rings (SSSR count). The van der Waals surface area contributed by atoms with Gasteiger partial charge >= 0.3 is 0 Å². The lowest BCUT2D eigenvalue weighted by Gasteiger charge is -2.09. The Morgan fingerprint density at radius 2 is 2.00 bits per heavy atom. The van der Waals surface area contributed by atoms with E-state index in [-0.39, 0.29) is 19.3 Å². The number of ether oxygens (including phenoxy) is 1. The van der Waals surface area contributed by atoms with Gasteiger partial charge in [-0.2, -0.15) is 0 Å². The molecule has 0 saturated heterocycles. The van der Waals surface area contributed by atoms with E-state index in [9.17, 15) is 4.39 Å². The minimum absolute atomic E-state index is 0.0813. The number of hydrogen-bond acceptors (Lipinski definition) is 3. The molecule has 84 valence electrons. The van der Waals surface area contributed by atoms with Crippen LogP contribution in [0.3, 0.4) is 0 Å². The van der Waals surface area contributed by atoms with Crippen molar-refractivity contribution in [2.24, 2.45) is 5.73 Å². The SMILES string of the molecule is N[C@H](CO)c1ccc(OCCCF)cc1. The van der Waals surface area contributed by atoms with Crippen LogP contribution in [-0.4, -0.2) is 25.0 Å². The third-order valence-electron chi connectivity index (χ3n) is 2.05. The van der Waals surface area contributed by atoms with E-state index >= 15 is 0 Å². The van der Waals surface area contributed by atoms with Crippen LogP contribution in [0.25, 0.3) is 0 Å². The standard InChI is InChI=1S/C11H16FNO2/c12-6-1-7-15-10-4-2-9(3-5-10)11(13)8-14/h2-5,11,14H,1,6-8,13H2/t11-/m1/s1. The molecule has 3 N–H and O–H groups in total. The van der Waals surface area contributed by atoms with Gasteiger partial charge in [0.15, 0.2) is 0 Å². The quantitative estimate of drug-likeness (QED) is 0.703. The highest BCUT2D eigenvalue weighted by molar-refractivity contribution is 5.29. The smallest absolute Gasteiger partial charge is 0.119 e. The molecule has 0 aliphatic carbocycles. The van der Waals surface area contributed by atoms with Gasteiger partial charge in [-0.3, -0.25) is 4.39 Å². The number of benzene rings is 1. The summed E-state index contributed by atoms with van der Waals surface area (Å²) in [4.78, 5) is 0. The van der Waals surface area contributed by atoms with Crippen molar-refractivity contribution in [3.05, 3.63) is 29.8 Å². The molecule has 0 heterocycles. The van der Waals surface area contributed by atoms with Gasteiger partial charge in [0, 0.05) is 6.42 Å². The number of hydrogen-bond donors (Lipinski definition) is 2. The fraction of sp³-hybridized carbons (Fsp3) is 0.455. The summed E-state index contributed by atoms with van der Waals surface area (Å²) in [6.07, 6.45) is 0.401. The molecule has 1 aromatic rings. The molecule has 0 aromatic heterocycles. The van der Waals surface area contributed by atoms with Crippen molar-refractivity contribution in [3.8, 4) is 5.75 Å². The van der Waals surface area contributed by atoms with Gasteiger partial charge in [-0.25, -0.2) is 0 Å². The molecule has 0 amide bonds. The van der Waals surface area contributed by atoms with E-state index in [0.29, 0.717) is 18.8 Å². The topological polar surface area (TPSA) is 55.5 Å². The van der Waals surface area contributed by atoms with Crippen LogP contribution < -0.4 is 10.5 Å². The first-order chi connectivity index (χ1) is 7.27. The Kier molecular flexibility index (Phi) is 5.07. The first-order valence-electron chi connectivity index (χ1n) is 4.93. The normalized spacial score (nSPS) is 12.5. The molecule has 0 fully saturated rings. The third kappa shape index (κ3) is 3.85. The van der Waals surface area contributed by atoms with Crippen molar-refractivity contribution < 1.29 is 14.2 Å². The van der Waals surface area contributed by atoms with Crippen molar-refractivity contribution in [2.45, 2.75) is 12.5 Å². The van der Waals surface area contributed by atoms with Gasteiger partial charge in [0.1, 0.15) is 5.75 Å². The molecule has 0 unspecified atom stereocenters. The van der Waals surface area contributed by atoms with Crippen LogP contribution >= 0.6 is 0 Å². The number of rotatable bonds is 6. The van der Waals surface area contributed by atoms with E-state index in [2.05, 4.69) is 0 Å². The van der Waals surface area contributed by atoms with Gasteiger partial charge in [-0.15, -0.1) is 0 Å². The second kappa shape index (κ2) is 6.37. The summed E-state index contributed by atoms with van der Waals surface area (Å²) in [7, 11) is 0. The molecular formula is C11H16FNO2. The van der Waals surface area contributed by atoms with Crippen LogP contribution in [0.2, 0.25) is 0 Å².